The van der Waals surface area contributed by atoms with Crippen molar-refractivity contribution < 1.29 is 27.5 Å². The summed E-state index contributed by atoms with van der Waals surface area (Å²) in [6, 6.07) is 9.16. The third-order valence-electron chi connectivity index (χ3n) is 4.88. The van der Waals surface area contributed by atoms with Crippen molar-refractivity contribution in [2.75, 3.05) is 13.1 Å². The van der Waals surface area contributed by atoms with Gasteiger partial charge in [-0.15, -0.1) is 24.5 Å². The minimum atomic E-state index is -4.80. The van der Waals surface area contributed by atoms with Gasteiger partial charge in [0.05, 0.1) is 10.4 Å². The van der Waals surface area contributed by atoms with Crippen LogP contribution in [0.5, 0.6) is 5.75 Å². The summed E-state index contributed by atoms with van der Waals surface area (Å²) < 4.78 is 41.6. The number of ether oxygens (including phenoxy) is 1. The monoisotopic (exact) mass is 441 g/mol. The first-order valence-electron chi connectivity index (χ1n) is 9.30. The zero-order valence-electron chi connectivity index (χ0n) is 16.5. The fourth-order valence-electron chi connectivity index (χ4n) is 3.13. The second kappa shape index (κ2) is 8.65. The standard InChI is InChI=1S/C20H22F3N3O3S/c1-19(2)18(28)24-9-10-26(19)12-14-7-8-16(30-14)17(27)25-11-13-5-3-4-6-15(13)29-20(21,22)23/h3-8H,9-12H2,1-2H3,(H,24,28)(H,25,27). The number of benzene rings is 1. The van der Waals surface area contributed by atoms with Gasteiger partial charge in [0.2, 0.25) is 5.91 Å². The van der Waals surface area contributed by atoms with Crippen LogP contribution in [0, 0.1) is 0 Å². The molecule has 2 N–H and O–H groups in total. The molecular weight excluding hydrogens is 419 g/mol. The van der Waals surface area contributed by atoms with E-state index in [1.165, 1.54) is 29.5 Å². The number of amides is 2. The lowest BCUT2D eigenvalue weighted by Crippen LogP contribution is -2.61. The summed E-state index contributed by atoms with van der Waals surface area (Å²) in [4.78, 5) is 27.9. The van der Waals surface area contributed by atoms with Crippen molar-refractivity contribution in [3.8, 4) is 5.75 Å². The van der Waals surface area contributed by atoms with Crippen molar-refractivity contribution in [2.24, 2.45) is 0 Å². The summed E-state index contributed by atoms with van der Waals surface area (Å²) in [7, 11) is 0. The highest BCUT2D eigenvalue weighted by molar-refractivity contribution is 7.14. The van der Waals surface area contributed by atoms with E-state index in [1.54, 1.807) is 12.1 Å². The smallest absolute Gasteiger partial charge is 0.405 e. The van der Waals surface area contributed by atoms with Crippen molar-refractivity contribution in [2.45, 2.75) is 38.8 Å². The van der Waals surface area contributed by atoms with Crippen molar-refractivity contribution >= 4 is 23.2 Å². The molecule has 2 heterocycles. The van der Waals surface area contributed by atoms with Crippen molar-refractivity contribution in [3.05, 3.63) is 51.7 Å². The van der Waals surface area contributed by atoms with E-state index < -0.39 is 11.9 Å². The van der Waals surface area contributed by atoms with E-state index in [0.29, 0.717) is 24.5 Å². The molecule has 0 atom stereocenters. The summed E-state index contributed by atoms with van der Waals surface area (Å²) in [5.74, 6) is -0.769. The third-order valence-corrected chi connectivity index (χ3v) is 5.95. The molecule has 0 saturated carbocycles. The van der Waals surface area contributed by atoms with Crippen LogP contribution in [0.15, 0.2) is 36.4 Å². The van der Waals surface area contributed by atoms with E-state index in [4.69, 9.17) is 0 Å². The predicted octanol–water partition coefficient (Wildman–Crippen LogP) is 3.29. The van der Waals surface area contributed by atoms with Gasteiger partial charge >= 0.3 is 6.36 Å². The Kier molecular flexibility index (Phi) is 6.37. The summed E-state index contributed by atoms with van der Waals surface area (Å²) in [6.07, 6.45) is -4.80. The van der Waals surface area contributed by atoms with E-state index in [1.807, 2.05) is 24.8 Å². The summed E-state index contributed by atoms with van der Waals surface area (Å²) in [5.41, 5.74) is -0.423. The molecule has 2 aromatic rings. The van der Waals surface area contributed by atoms with Gasteiger partial charge in [0.25, 0.3) is 5.91 Å². The molecule has 6 nitrogen and oxygen atoms in total. The third kappa shape index (κ3) is 5.31. The first-order chi connectivity index (χ1) is 14.1. The van der Waals surface area contributed by atoms with Gasteiger partial charge in [-0.1, -0.05) is 18.2 Å². The van der Waals surface area contributed by atoms with Crippen LogP contribution >= 0.6 is 11.3 Å². The summed E-state index contributed by atoms with van der Waals surface area (Å²) in [6.45, 7) is 5.40. The highest BCUT2D eigenvalue weighted by Gasteiger charge is 2.37. The van der Waals surface area contributed by atoms with Gasteiger partial charge in [0.1, 0.15) is 5.75 Å². The largest absolute Gasteiger partial charge is 0.573 e. The molecule has 0 aliphatic carbocycles. The van der Waals surface area contributed by atoms with Crippen LogP contribution in [-0.4, -0.2) is 41.7 Å². The average Bonchev–Trinajstić information content (AvgIpc) is 3.12. The van der Waals surface area contributed by atoms with Gasteiger partial charge in [-0.05, 0) is 32.0 Å². The number of carbonyl (C=O) groups is 2. The molecule has 2 amide bonds. The summed E-state index contributed by atoms with van der Waals surface area (Å²) >= 11 is 1.29. The number of hydrogen-bond donors (Lipinski definition) is 2. The number of thiophene rings is 1. The highest BCUT2D eigenvalue weighted by Crippen LogP contribution is 2.27. The van der Waals surface area contributed by atoms with E-state index in [0.717, 1.165) is 4.88 Å². The van der Waals surface area contributed by atoms with Crippen LogP contribution in [0.2, 0.25) is 0 Å². The maximum atomic E-state index is 12.5. The molecule has 162 valence electrons. The maximum Gasteiger partial charge on any atom is 0.573 e. The van der Waals surface area contributed by atoms with E-state index in [-0.39, 0.29) is 29.7 Å². The molecule has 30 heavy (non-hydrogen) atoms. The van der Waals surface area contributed by atoms with Crippen LogP contribution < -0.4 is 15.4 Å². The Hall–Kier alpha value is -2.59. The molecule has 10 heteroatoms. The Morgan fingerprint density at radius 1 is 1.27 bits per heavy atom. The topological polar surface area (TPSA) is 70.7 Å². The number of alkyl halides is 3. The van der Waals surface area contributed by atoms with Gasteiger partial charge < -0.3 is 15.4 Å². The van der Waals surface area contributed by atoms with Gasteiger partial charge in [0.15, 0.2) is 0 Å². The van der Waals surface area contributed by atoms with Crippen LogP contribution in [0.25, 0.3) is 0 Å². The molecule has 1 aliphatic rings. The van der Waals surface area contributed by atoms with E-state index in [9.17, 15) is 22.8 Å². The molecule has 3 rings (SSSR count). The van der Waals surface area contributed by atoms with Gasteiger partial charge in [-0.3, -0.25) is 14.5 Å². The Bertz CT molecular complexity index is 927. The molecule has 1 aromatic carbocycles. The average molecular weight is 441 g/mol. The fourth-order valence-corrected chi connectivity index (χ4v) is 4.07. The molecule has 1 fully saturated rings. The Morgan fingerprint density at radius 3 is 2.73 bits per heavy atom. The lowest BCUT2D eigenvalue weighted by atomic mass is 9.99. The van der Waals surface area contributed by atoms with Crippen LogP contribution in [0.4, 0.5) is 13.2 Å². The Labute approximate surface area is 176 Å². The maximum absolute atomic E-state index is 12.5. The first kappa shape index (κ1) is 22.1. The van der Waals surface area contributed by atoms with Gasteiger partial charge in [-0.25, -0.2) is 0 Å². The number of nitrogens with one attached hydrogen (secondary N) is 2. The van der Waals surface area contributed by atoms with Gasteiger partial charge in [0, 0.05) is 36.6 Å². The SMILES string of the molecule is CC1(C)C(=O)NCCN1Cc1ccc(C(=O)NCc2ccccc2OC(F)(F)F)s1. The zero-order chi connectivity index (χ0) is 21.9. The molecule has 0 unspecified atom stereocenters. The fraction of sp³-hybridized carbons (Fsp3) is 0.400. The quantitative estimate of drug-likeness (QED) is 0.722. The van der Waals surface area contributed by atoms with Crippen molar-refractivity contribution in [1.82, 2.24) is 15.5 Å². The molecular formula is C20H22F3N3O3S. The summed E-state index contributed by atoms with van der Waals surface area (Å²) in [5, 5.41) is 5.47. The number of carbonyl (C=O) groups excluding carboxylic acids is 2. The van der Waals surface area contributed by atoms with Crippen molar-refractivity contribution in [1.29, 1.82) is 0 Å². The van der Waals surface area contributed by atoms with Crippen LogP contribution in [0.1, 0.15) is 34.0 Å². The first-order valence-corrected chi connectivity index (χ1v) is 10.1. The second-order valence-electron chi connectivity index (χ2n) is 7.34. The lowest BCUT2D eigenvalue weighted by Gasteiger charge is -2.40. The Balaban J connectivity index is 1.62. The number of nitrogens with zero attached hydrogens (tertiary/aromatic N) is 1. The predicted molar refractivity (Wildman–Crippen MR) is 106 cm³/mol. The number of piperazine rings is 1. The minimum absolute atomic E-state index is 0.0389. The van der Waals surface area contributed by atoms with Crippen LogP contribution in [0.3, 0.4) is 0 Å². The number of para-hydroxylation sites is 1. The van der Waals surface area contributed by atoms with E-state index in [2.05, 4.69) is 15.4 Å². The molecule has 1 aliphatic heterocycles. The number of hydrogen-bond acceptors (Lipinski definition) is 5. The van der Waals surface area contributed by atoms with Crippen LogP contribution in [-0.2, 0) is 17.9 Å². The zero-order valence-corrected chi connectivity index (χ0v) is 17.3. The minimum Gasteiger partial charge on any atom is -0.405 e. The lowest BCUT2D eigenvalue weighted by molar-refractivity contribution is -0.274. The van der Waals surface area contributed by atoms with E-state index >= 15 is 0 Å². The number of rotatable bonds is 6. The molecule has 1 aromatic heterocycles. The molecule has 0 spiro atoms. The molecule has 0 radical (unpaired) electrons. The second-order valence-corrected chi connectivity index (χ2v) is 8.51. The highest BCUT2D eigenvalue weighted by atomic mass is 32.1. The normalized spacial score (nSPS) is 16.8. The number of halogens is 3. The Morgan fingerprint density at radius 2 is 2.00 bits per heavy atom. The van der Waals surface area contributed by atoms with Crippen molar-refractivity contribution in [3.63, 3.8) is 0 Å². The molecule has 0 bridgehead atoms. The van der Waals surface area contributed by atoms with Gasteiger partial charge in [-0.2, -0.15) is 0 Å². The molecule has 1 saturated heterocycles.